The van der Waals surface area contributed by atoms with Gasteiger partial charge < -0.3 is 14.9 Å². The van der Waals surface area contributed by atoms with Gasteiger partial charge in [0.1, 0.15) is 0 Å². The first-order chi connectivity index (χ1) is 15.5. The van der Waals surface area contributed by atoms with E-state index in [1.807, 2.05) is 7.11 Å². The summed E-state index contributed by atoms with van der Waals surface area (Å²) in [6.45, 7) is 18.7. The molecule has 0 bridgehead atoms. The molecule has 4 aliphatic carbocycles. The van der Waals surface area contributed by atoms with E-state index in [1.54, 1.807) is 0 Å². The lowest BCUT2D eigenvalue weighted by molar-refractivity contribution is -0.0340. The minimum absolute atomic E-state index is 0.0912. The Morgan fingerprint density at radius 3 is 2.30 bits per heavy atom. The van der Waals surface area contributed by atoms with Crippen LogP contribution in [0.2, 0.25) is 0 Å². The van der Waals surface area contributed by atoms with Gasteiger partial charge in [-0.3, -0.25) is 0 Å². The predicted molar refractivity (Wildman–Crippen MR) is 136 cm³/mol. The lowest BCUT2D eigenvalue weighted by atomic mass is 9.47. The summed E-state index contributed by atoms with van der Waals surface area (Å²) in [5.41, 5.74) is 3.96. The maximum Gasteiger partial charge on any atom is 0.0793 e. The van der Waals surface area contributed by atoms with Crippen LogP contribution >= 0.6 is 0 Å². The Labute approximate surface area is 203 Å². The number of hydrogen-bond donors (Lipinski definition) is 2. The highest BCUT2D eigenvalue weighted by atomic mass is 16.5. The molecular formula is C30H50O3. The molecule has 4 rings (SSSR count). The second kappa shape index (κ2) is 9.10. The van der Waals surface area contributed by atoms with Gasteiger partial charge in [-0.2, -0.15) is 0 Å². The Morgan fingerprint density at radius 2 is 1.67 bits per heavy atom. The summed E-state index contributed by atoms with van der Waals surface area (Å²) >= 11 is 0. The van der Waals surface area contributed by atoms with E-state index in [9.17, 15) is 10.2 Å². The number of ether oxygens (including phenoxy) is 1. The lowest BCUT2D eigenvalue weighted by Crippen LogP contribution is -2.53. The highest BCUT2D eigenvalue weighted by Gasteiger charge is 2.60. The fraction of sp³-hybridized carbons (Fsp3) is 0.867. The van der Waals surface area contributed by atoms with Gasteiger partial charge in [0.25, 0.3) is 0 Å². The van der Waals surface area contributed by atoms with Crippen molar-refractivity contribution >= 4 is 0 Å². The molecule has 0 radical (unpaired) electrons. The van der Waals surface area contributed by atoms with Crippen molar-refractivity contribution in [3.05, 3.63) is 23.3 Å². The zero-order chi connectivity index (χ0) is 24.3. The third-order valence-electron chi connectivity index (χ3n) is 11.3. The van der Waals surface area contributed by atoms with E-state index in [1.165, 1.54) is 30.4 Å². The molecule has 0 aliphatic heterocycles. The largest absolute Gasteiger partial charge is 0.389 e. The van der Waals surface area contributed by atoms with Crippen molar-refractivity contribution in [1.29, 1.82) is 0 Å². The number of hydrogen-bond acceptors (Lipinski definition) is 3. The highest BCUT2D eigenvalue weighted by molar-refractivity contribution is 5.41. The molecule has 3 saturated carbocycles. The Hall–Kier alpha value is -0.640. The molecule has 0 aromatic rings. The van der Waals surface area contributed by atoms with Crippen LogP contribution in [-0.4, -0.2) is 35.6 Å². The normalized spacial score (nSPS) is 45.0. The molecule has 188 valence electrons. The van der Waals surface area contributed by atoms with Crippen molar-refractivity contribution in [2.75, 3.05) is 7.11 Å². The number of methoxy groups -OCH3 is 1. The predicted octanol–water partition coefficient (Wildman–Crippen LogP) is 6.54. The van der Waals surface area contributed by atoms with E-state index >= 15 is 0 Å². The highest BCUT2D eigenvalue weighted by Crippen LogP contribution is 2.66. The summed E-state index contributed by atoms with van der Waals surface area (Å²) < 4.78 is 6.17. The smallest absolute Gasteiger partial charge is 0.0793 e. The van der Waals surface area contributed by atoms with Crippen LogP contribution in [0.3, 0.4) is 0 Å². The molecule has 0 heterocycles. The quantitative estimate of drug-likeness (QED) is 0.444. The van der Waals surface area contributed by atoms with Crippen LogP contribution in [-0.2, 0) is 4.74 Å². The van der Waals surface area contributed by atoms with E-state index in [0.717, 1.165) is 43.1 Å². The van der Waals surface area contributed by atoms with Crippen molar-refractivity contribution in [2.45, 2.75) is 111 Å². The van der Waals surface area contributed by atoms with Crippen LogP contribution in [0.5, 0.6) is 0 Å². The van der Waals surface area contributed by atoms with Crippen molar-refractivity contribution in [3.8, 4) is 0 Å². The molecule has 0 aromatic heterocycles. The zero-order valence-corrected chi connectivity index (χ0v) is 22.4. The Balaban J connectivity index is 1.68. The van der Waals surface area contributed by atoms with Crippen LogP contribution in [0.15, 0.2) is 23.3 Å². The van der Waals surface area contributed by atoms with Crippen molar-refractivity contribution < 1.29 is 14.9 Å². The zero-order valence-electron chi connectivity index (χ0n) is 22.4. The van der Waals surface area contributed by atoms with Gasteiger partial charge in [-0.1, -0.05) is 61.0 Å². The minimum Gasteiger partial charge on any atom is -0.389 e. The molecule has 0 aromatic carbocycles. The molecule has 0 amide bonds. The average molecular weight is 459 g/mol. The van der Waals surface area contributed by atoms with Crippen molar-refractivity contribution in [1.82, 2.24) is 0 Å². The summed E-state index contributed by atoms with van der Waals surface area (Å²) in [5.74, 6) is 3.38. The molecule has 2 N–H and O–H groups in total. The molecular weight excluding hydrogens is 408 g/mol. The van der Waals surface area contributed by atoms with Gasteiger partial charge >= 0.3 is 0 Å². The fourth-order valence-corrected chi connectivity index (χ4v) is 8.68. The Bertz CT molecular complexity index is 783. The van der Waals surface area contributed by atoms with E-state index in [-0.39, 0.29) is 22.9 Å². The maximum absolute atomic E-state index is 11.6. The number of fused-ring (bicyclic) bond motifs is 4. The summed E-state index contributed by atoms with van der Waals surface area (Å²) in [7, 11) is 1.87. The molecule has 3 heteroatoms. The number of aliphatic hydroxyl groups is 2. The molecule has 0 spiro atoms. The van der Waals surface area contributed by atoms with Crippen LogP contribution in [0.1, 0.15) is 92.9 Å². The fourth-order valence-electron chi connectivity index (χ4n) is 8.68. The van der Waals surface area contributed by atoms with Crippen LogP contribution in [0.25, 0.3) is 0 Å². The van der Waals surface area contributed by atoms with Crippen LogP contribution < -0.4 is 0 Å². The topological polar surface area (TPSA) is 49.7 Å². The van der Waals surface area contributed by atoms with Crippen LogP contribution in [0, 0.1) is 46.3 Å². The van der Waals surface area contributed by atoms with Gasteiger partial charge in [-0.25, -0.2) is 0 Å². The first-order valence-corrected chi connectivity index (χ1v) is 13.8. The van der Waals surface area contributed by atoms with E-state index in [0.29, 0.717) is 24.2 Å². The SMILES string of the molecule is C=C1C2C[C@@H](O)C3=C4[C@H](OC)C[C@H]([C@H](C)CC[C@@H](C)C(C)C)[C@@]4(C)CCC3[C@@]2(C)CC[C@@H]1O. The van der Waals surface area contributed by atoms with Gasteiger partial charge in [0.15, 0.2) is 0 Å². The van der Waals surface area contributed by atoms with Crippen molar-refractivity contribution in [3.63, 3.8) is 0 Å². The Morgan fingerprint density at radius 1 is 0.970 bits per heavy atom. The number of rotatable bonds is 6. The van der Waals surface area contributed by atoms with Gasteiger partial charge in [-0.05, 0) is 102 Å². The molecule has 0 saturated heterocycles. The van der Waals surface area contributed by atoms with E-state index < -0.39 is 12.2 Å². The molecule has 10 atom stereocenters. The van der Waals surface area contributed by atoms with Gasteiger partial charge in [0.2, 0.25) is 0 Å². The summed E-state index contributed by atoms with van der Waals surface area (Å²) in [6, 6.07) is 0. The monoisotopic (exact) mass is 458 g/mol. The lowest BCUT2D eigenvalue weighted by Gasteiger charge is -2.58. The van der Waals surface area contributed by atoms with E-state index in [2.05, 4.69) is 48.1 Å². The molecule has 33 heavy (non-hydrogen) atoms. The average Bonchev–Trinajstić information content (AvgIpc) is 3.08. The van der Waals surface area contributed by atoms with E-state index in [4.69, 9.17) is 4.74 Å². The maximum atomic E-state index is 11.6. The summed E-state index contributed by atoms with van der Waals surface area (Å²) in [5, 5.41) is 22.1. The third-order valence-corrected chi connectivity index (χ3v) is 11.3. The first-order valence-electron chi connectivity index (χ1n) is 13.8. The molecule has 3 nitrogen and oxygen atoms in total. The first kappa shape index (κ1) is 25.5. The second-order valence-corrected chi connectivity index (χ2v) is 13.2. The number of aliphatic hydroxyl groups excluding tert-OH is 2. The van der Waals surface area contributed by atoms with Gasteiger partial charge in [0, 0.05) is 7.11 Å². The standard InChI is InChI=1S/C30H50O3/c1-17(2)18(3)9-10-19(4)22-16-26(33-8)28-27-21(11-13-30(22,28)7)29(6)14-12-24(31)20(5)23(29)15-25(27)32/h17-19,21-26,31-32H,5,9-16H2,1-4,6-8H3/t18-,19-,21?,22-,23?,24+,25-,26-,29-,30-/m1/s1. The molecule has 3 fully saturated rings. The summed E-state index contributed by atoms with van der Waals surface area (Å²) in [6.07, 6.45) is 7.83. The van der Waals surface area contributed by atoms with Crippen molar-refractivity contribution in [2.24, 2.45) is 46.3 Å². The Kier molecular flexibility index (Phi) is 7.02. The van der Waals surface area contributed by atoms with Gasteiger partial charge in [0.05, 0.1) is 18.3 Å². The second-order valence-electron chi connectivity index (χ2n) is 13.2. The molecule has 4 aliphatic rings. The minimum atomic E-state index is -0.433. The van der Waals surface area contributed by atoms with Crippen LogP contribution in [0.4, 0.5) is 0 Å². The third kappa shape index (κ3) is 3.99. The van der Waals surface area contributed by atoms with Gasteiger partial charge in [-0.15, -0.1) is 0 Å². The molecule has 2 unspecified atom stereocenters. The summed E-state index contributed by atoms with van der Waals surface area (Å²) in [4.78, 5) is 0.